The molecule has 0 atom stereocenters. The molecule has 2 fully saturated rings. The minimum absolute atomic E-state index is 0. The summed E-state index contributed by atoms with van der Waals surface area (Å²) in [6.07, 6.45) is 3.96. The lowest BCUT2D eigenvalue weighted by Crippen LogP contribution is -2.54. The number of rotatable bonds is 8. The van der Waals surface area contributed by atoms with Gasteiger partial charge in [0.25, 0.3) is 0 Å². The van der Waals surface area contributed by atoms with Crippen LogP contribution < -0.4 is 5.32 Å². The highest BCUT2D eigenvalue weighted by Crippen LogP contribution is 2.49. The highest BCUT2D eigenvalue weighted by Gasteiger charge is 2.42. The van der Waals surface area contributed by atoms with Crippen molar-refractivity contribution in [1.29, 1.82) is 0 Å². The summed E-state index contributed by atoms with van der Waals surface area (Å²) in [6, 6.07) is 7.54. The van der Waals surface area contributed by atoms with Gasteiger partial charge in [-0.25, -0.2) is 0 Å². The Balaban J connectivity index is 0.00000320. The second kappa shape index (κ2) is 12.1. The van der Waals surface area contributed by atoms with Gasteiger partial charge in [0.15, 0.2) is 5.96 Å². The van der Waals surface area contributed by atoms with E-state index >= 15 is 0 Å². The first-order valence-electron chi connectivity index (χ1n) is 10.6. The molecule has 0 bridgehead atoms. The number of carbonyl (C=O) groups excluding carboxylic acids is 1. The minimum Gasteiger partial charge on any atom is -0.385 e. The molecular formula is C22H34ClIN4O2. The third kappa shape index (κ3) is 7.27. The molecule has 8 heteroatoms. The van der Waals surface area contributed by atoms with Gasteiger partial charge in [0, 0.05) is 58.0 Å². The Bertz CT molecular complexity index is 719. The van der Waals surface area contributed by atoms with Gasteiger partial charge in [0.1, 0.15) is 0 Å². The molecule has 0 spiro atoms. The van der Waals surface area contributed by atoms with Gasteiger partial charge in [-0.2, -0.15) is 0 Å². The van der Waals surface area contributed by atoms with E-state index in [4.69, 9.17) is 21.3 Å². The molecule has 168 valence electrons. The Morgan fingerprint density at radius 3 is 2.53 bits per heavy atom. The number of nitrogens with one attached hydrogen (secondary N) is 1. The van der Waals surface area contributed by atoms with Gasteiger partial charge < -0.3 is 19.9 Å². The molecule has 0 unspecified atom stereocenters. The number of benzene rings is 1. The maximum absolute atomic E-state index is 12.7. The van der Waals surface area contributed by atoms with E-state index < -0.39 is 0 Å². The van der Waals surface area contributed by atoms with Crippen LogP contribution in [-0.4, -0.2) is 74.7 Å². The van der Waals surface area contributed by atoms with Crippen LogP contribution in [0.1, 0.15) is 31.7 Å². The van der Waals surface area contributed by atoms with Crippen LogP contribution in [-0.2, 0) is 16.0 Å². The normalized spacial score (nSPS) is 18.0. The molecule has 6 nitrogen and oxygen atoms in total. The number of hydrogen-bond acceptors (Lipinski definition) is 3. The molecule has 1 aromatic rings. The van der Waals surface area contributed by atoms with E-state index in [1.165, 1.54) is 12.8 Å². The van der Waals surface area contributed by atoms with Gasteiger partial charge in [0.05, 0.1) is 6.42 Å². The number of ether oxygens (including phenoxy) is 1. The van der Waals surface area contributed by atoms with Crippen molar-refractivity contribution in [2.45, 2.75) is 32.6 Å². The van der Waals surface area contributed by atoms with Crippen LogP contribution in [0, 0.1) is 5.41 Å². The lowest BCUT2D eigenvalue weighted by atomic mass is 10.0. The summed E-state index contributed by atoms with van der Waals surface area (Å²) < 4.78 is 5.25. The van der Waals surface area contributed by atoms with E-state index in [0.717, 1.165) is 63.8 Å². The molecule has 30 heavy (non-hydrogen) atoms. The number of halogens is 2. The standard InChI is InChI=1S/C22H33ClN4O2.HI/c1-3-24-21(25-17-22(7-8-22)9-14-29-2)27-12-10-26(11-13-27)20(28)16-18-5-4-6-19(23)15-18;/h4-6,15H,3,7-14,16-17H2,1-2H3,(H,24,25);1H. The molecule has 1 aliphatic heterocycles. The average Bonchev–Trinajstić information content (AvgIpc) is 3.50. The van der Waals surface area contributed by atoms with Crippen molar-refractivity contribution in [3.8, 4) is 0 Å². The summed E-state index contributed by atoms with van der Waals surface area (Å²) in [4.78, 5) is 21.8. The maximum Gasteiger partial charge on any atom is 0.227 e. The quantitative estimate of drug-likeness (QED) is 0.307. The van der Waals surface area contributed by atoms with Gasteiger partial charge in [-0.05, 0) is 49.3 Å². The van der Waals surface area contributed by atoms with Crippen molar-refractivity contribution < 1.29 is 9.53 Å². The van der Waals surface area contributed by atoms with Gasteiger partial charge in [0.2, 0.25) is 5.91 Å². The van der Waals surface area contributed by atoms with Crippen molar-refractivity contribution in [2.24, 2.45) is 10.4 Å². The summed E-state index contributed by atoms with van der Waals surface area (Å²) in [7, 11) is 1.76. The van der Waals surface area contributed by atoms with Crippen molar-refractivity contribution in [1.82, 2.24) is 15.1 Å². The predicted octanol–water partition coefficient (Wildman–Crippen LogP) is 3.43. The monoisotopic (exact) mass is 548 g/mol. The van der Waals surface area contributed by atoms with E-state index in [-0.39, 0.29) is 29.9 Å². The van der Waals surface area contributed by atoms with Crippen LogP contribution >= 0.6 is 35.6 Å². The fourth-order valence-electron chi connectivity index (χ4n) is 3.75. The molecule has 1 amide bonds. The summed E-state index contributed by atoms with van der Waals surface area (Å²) in [5, 5.41) is 4.10. The van der Waals surface area contributed by atoms with Crippen molar-refractivity contribution in [2.75, 3.05) is 53.0 Å². The molecule has 3 rings (SSSR count). The van der Waals surface area contributed by atoms with Crippen molar-refractivity contribution in [3.05, 3.63) is 34.9 Å². The Morgan fingerprint density at radius 1 is 1.23 bits per heavy atom. The lowest BCUT2D eigenvalue weighted by Gasteiger charge is -2.36. The molecule has 1 N–H and O–H groups in total. The highest BCUT2D eigenvalue weighted by atomic mass is 127. The summed E-state index contributed by atoms with van der Waals surface area (Å²) in [5.74, 6) is 1.13. The van der Waals surface area contributed by atoms with Gasteiger partial charge in [-0.3, -0.25) is 9.79 Å². The Labute approximate surface area is 202 Å². The van der Waals surface area contributed by atoms with Crippen LogP contribution in [0.15, 0.2) is 29.3 Å². The average molecular weight is 549 g/mol. The van der Waals surface area contributed by atoms with Crippen LogP contribution in [0.3, 0.4) is 0 Å². The van der Waals surface area contributed by atoms with Crippen LogP contribution in [0.4, 0.5) is 0 Å². The summed E-state index contributed by atoms with van der Waals surface area (Å²) in [5.41, 5.74) is 1.30. The second-order valence-electron chi connectivity index (χ2n) is 8.09. The molecule has 1 saturated heterocycles. The molecular weight excluding hydrogens is 515 g/mol. The van der Waals surface area contributed by atoms with E-state index in [0.29, 0.717) is 16.9 Å². The number of nitrogens with zero attached hydrogens (tertiary/aromatic N) is 3. The first-order chi connectivity index (χ1) is 14.0. The van der Waals surface area contributed by atoms with Gasteiger partial charge in [-0.1, -0.05) is 23.7 Å². The molecule has 0 aromatic heterocycles. The smallest absolute Gasteiger partial charge is 0.227 e. The molecule has 0 radical (unpaired) electrons. The van der Waals surface area contributed by atoms with Crippen LogP contribution in [0.25, 0.3) is 0 Å². The summed E-state index contributed by atoms with van der Waals surface area (Å²) >= 11 is 6.03. The van der Waals surface area contributed by atoms with Gasteiger partial charge >= 0.3 is 0 Å². The molecule has 1 aromatic carbocycles. The number of aliphatic imine (C=N–C) groups is 1. The van der Waals surface area contributed by atoms with E-state index in [1.54, 1.807) is 7.11 Å². The number of methoxy groups -OCH3 is 1. The third-order valence-electron chi connectivity index (χ3n) is 5.87. The zero-order valence-electron chi connectivity index (χ0n) is 18.0. The fourth-order valence-corrected chi connectivity index (χ4v) is 3.96. The topological polar surface area (TPSA) is 57.2 Å². The van der Waals surface area contributed by atoms with E-state index in [2.05, 4.69) is 17.1 Å². The van der Waals surface area contributed by atoms with Crippen molar-refractivity contribution >= 4 is 47.4 Å². The molecule has 2 aliphatic rings. The highest BCUT2D eigenvalue weighted by molar-refractivity contribution is 14.0. The van der Waals surface area contributed by atoms with Crippen LogP contribution in [0.5, 0.6) is 0 Å². The lowest BCUT2D eigenvalue weighted by molar-refractivity contribution is -0.131. The van der Waals surface area contributed by atoms with Gasteiger partial charge in [-0.15, -0.1) is 24.0 Å². The molecule has 1 aliphatic carbocycles. The van der Waals surface area contributed by atoms with Crippen LogP contribution in [0.2, 0.25) is 5.02 Å². The number of carbonyl (C=O) groups is 1. The van der Waals surface area contributed by atoms with Crippen molar-refractivity contribution in [3.63, 3.8) is 0 Å². The Kier molecular flexibility index (Phi) is 10.2. The maximum atomic E-state index is 12.7. The first kappa shape index (κ1) is 25.2. The zero-order valence-corrected chi connectivity index (χ0v) is 21.1. The molecule has 1 saturated carbocycles. The van der Waals surface area contributed by atoms with E-state index in [9.17, 15) is 4.79 Å². The Morgan fingerprint density at radius 2 is 1.93 bits per heavy atom. The third-order valence-corrected chi connectivity index (χ3v) is 6.10. The molecule has 1 heterocycles. The number of guanidine groups is 1. The largest absolute Gasteiger partial charge is 0.385 e. The number of hydrogen-bond donors (Lipinski definition) is 1. The predicted molar refractivity (Wildman–Crippen MR) is 133 cm³/mol. The first-order valence-corrected chi connectivity index (χ1v) is 11.0. The fraction of sp³-hybridized carbons (Fsp3) is 0.636. The SMILES string of the molecule is CCNC(=NCC1(CCOC)CC1)N1CCN(C(=O)Cc2cccc(Cl)c2)CC1.I. The Hall–Kier alpha value is -1.06. The van der Waals surface area contributed by atoms with E-state index in [1.807, 2.05) is 29.2 Å². The second-order valence-corrected chi connectivity index (χ2v) is 8.52. The minimum atomic E-state index is 0. The zero-order chi connectivity index (χ0) is 20.7. The number of amides is 1. The number of piperazine rings is 1. The summed E-state index contributed by atoms with van der Waals surface area (Å²) in [6.45, 7) is 7.65.